The quantitative estimate of drug-likeness (QED) is 0.748. The molecule has 2 rings (SSSR count). The maximum atomic E-state index is 12.6. The fourth-order valence-corrected chi connectivity index (χ4v) is 2.16. The zero-order chi connectivity index (χ0) is 21.3. The molecule has 0 spiro atoms. The number of benzene rings is 1. The summed E-state index contributed by atoms with van der Waals surface area (Å²) in [6.45, 7) is 10.0. The van der Waals surface area contributed by atoms with Gasteiger partial charge in [-0.2, -0.15) is 0 Å². The van der Waals surface area contributed by atoms with Gasteiger partial charge in [-0.3, -0.25) is 0 Å². The van der Waals surface area contributed by atoms with Crippen molar-refractivity contribution in [3.8, 4) is 0 Å². The van der Waals surface area contributed by atoms with Crippen LogP contribution >= 0.6 is 0 Å². The molecule has 0 unspecified atom stereocenters. The molecule has 0 saturated heterocycles. The molecule has 0 fully saturated rings. The minimum absolute atomic E-state index is 0.215. The van der Waals surface area contributed by atoms with Crippen LogP contribution in [0, 0.1) is 0 Å². The highest BCUT2D eigenvalue weighted by Crippen LogP contribution is 2.20. The van der Waals surface area contributed by atoms with Gasteiger partial charge in [-0.1, -0.05) is 12.1 Å². The van der Waals surface area contributed by atoms with Gasteiger partial charge in [-0.25, -0.2) is 19.6 Å². The average Bonchev–Trinajstić information content (AvgIpc) is 2.50. The third kappa shape index (κ3) is 5.64. The van der Waals surface area contributed by atoms with Gasteiger partial charge in [-0.05, 0) is 53.1 Å². The van der Waals surface area contributed by atoms with Gasteiger partial charge in [0, 0.05) is 11.6 Å². The van der Waals surface area contributed by atoms with Crippen molar-refractivity contribution in [2.45, 2.75) is 52.7 Å². The Morgan fingerprint density at radius 1 is 1.00 bits per heavy atom. The third-order valence-corrected chi connectivity index (χ3v) is 3.24. The van der Waals surface area contributed by atoms with Gasteiger partial charge in [0.15, 0.2) is 0 Å². The second-order valence-corrected chi connectivity index (χ2v) is 8.16. The summed E-state index contributed by atoms with van der Waals surface area (Å²) < 4.78 is 10.6. The van der Waals surface area contributed by atoms with E-state index in [0.29, 0.717) is 15.8 Å². The van der Waals surface area contributed by atoms with E-state index in [1.807, 2.05) is 0 Å². The minimum atomic E-state index is -1.64. The van der Waals surface area contributed by atoms with E-state index in [-0.39, 0.29) is 11.4 Å². The summed E-state index contributed by atoms with van der Waals surface area (Å²) in [6, 6.07) is 4.49. The zero-order valence-electron chi connectivity index (χ0n) is 16.8. The van der Waals surface area contributed by atoms with Gasteiger partial charge in [-0.15, -0.1) is 4.90 Å². The van der Waals surface area contributed by atoms with Gasteiger partial charge in [0.2, 0.25) is 5.95 Å². The monoisotopic (exact) mass is 389 g/mol. The summed E-state index contributed by atoms with van der Waals surface area (Å²) in [5.74, 6) is -0.215. The predicted octanol–water partition coefficient (Wildman–Crippen LogP) is 1.99. The van der Waals surface area contributed by atoms with Crippen LogP contribution in [0.1, 0.15) is 41.5 Å². The second-order valence-electron chi connectivity index (χ2n) is 8.16. The van der Waals surface area contributed by atoms with Crippen LogP contribution in [0.15, 0.2) is 24.4 Å². The first-order chi connectivity index (χ1) is 12.8. The molecule has 0 aliphatic heterocycles. The van der Waals surface area contributed by atoms with E-state index in [0.717, 1.165) is 0 Å². The first-order valence-electron chi connectivity index (χ1n) is 8.66. The van der Waals surface area contributed by atoms with Gasteiger partial charge in [0.05, 0.1) is 5.52 Å². The highest BCUT2D eigenvalue weighted by molar-refractivity contribution is 6.58. The fraction of sp³-hybridized carbons (Fsp3) is 0.444. The molecule has 0 aliphatic rings. The van der Waals surface area contributed by atoms with E-state index < -0.39 is 30.5 Å². The zero-order valence-corrected chi connectivity index (χ0v) is 16.8. The van der Waals surface area contributed by atoms with Gasteiger partial charge in [0.25, 0.3) is 0 Å². The van der Waals surface area contributed by atoms with E-state index in [4.69, 9.17) is 9.47 Å². The van der Waals surface area contributed by atoms with Gasteiger partial charge in [0.1, 0.15) is 11.2 Å². The molecule has 150 valence electrons. The van der Waals surface area contributed by atoms with Crippen LogP contribution in [-0.2, 0) is 9.47 Å². The summed E-state index contributed by atoms with van der Waals surface area (Å²) in [6.07, 6.45) is -0.572. The Balaban J connectivity index is 2.48. The standard InChI is InChI=1S/C18H24BN3O6/c1-17(2,3)27-15(23)22(16(24)28-18(4,5)6)14-20-10-11-9-12(19(25)26)7-8-13(11)21-14/h7-10,25-26H,1-6H3. The SMILES string of the molecule is CC(C)(C)OC(=O)N(C(=O)OC(C)(C)C)c1ncc2cc(B(O)O)ccc2n1. The highest BCUT2D eigenvalue weighted by atomic mass is 16.6. The fourth-order valence-electron chi connectivity index (χ4n) is 2.16. The van der Waals surface area contributed by atoms with Crippen molar-refractivity contribution in [3.05, 3.63) is 24.4 Å². The van der Waals surface area contributed by atoms with Crippen LogP contribution in [0.25, 0.3) is 10.9 Å². The predicted molar refractivity (Wildman–Crippen MR) is 104 cm³/mol. The van der Waals surface area contributed by atoms with E-state index in [1.165, 1.54) is 24.4 Å². The summed E-state index contributed by atoms with van der Waals surface area (Å²) in [4.78, 5) is 34.2. The lowest BCUT2D eigenvalue weighted by molar-refractivity contribution is 0.0427. The molecule has 2 amide bonds. The van der Waals surface area contributed by atoms with Crippen LogP contribution < -0.4 is 10.4 Å². The molecular weight excluding hydrogens is 365 g/mol. The summed E-state index contributed by atoms with van der Waals surface area (Å²) >= 11 is 0. The van der Waals surface area contributed by atoms with E-state index in [1.54, 1.807) is 41.5 Å². The molecule has 2 aromatic rings. The van der Waals surface area contributed by atoms with E-state index >= 15 is 0 Å². The molecule has 0 aliphatic carbocycles. The van der Waals surface area contributed by atoms with Crippen LogP contribution in [-0.4, -0.2) is 50.5 Å². The first-order valence-corrected chi connectivity index (χ1v) is 8.66. The molecular formula is C18H24BN3O6. The molecule has 28 heavy (non-hydrogen) atoms. The number of imide groups is 1. The van der Waals surface area contributed by atoms with Gasteiger partial charge < -0.3 is 19.5 Å². The highest BCUT2D eigenvalue weighted by Gasteiger charge is 2.34. The number of hydrogen-bond donors (Lipinski definition) is 2. The molecule has 0 saturated carbocycles. The maximum absolute atomic E-state index is 12.6. The number of ether oxygens (including phenoxy) is 2. The molecule has 1 aromatic heterocycles. The molecule has 9 nitrogen and oxygen atoms in total. The largest absolute Gasteiger partial charge is 0.488 e. The van der Waals surface area contributed by atoms with E-state index in [9.17, 15) is 19.6 Å². The topological polar surface area (TPSA) is 122 Å². The lowest BCUT2D eigenvalue weighted by Crippen LogP contribution is -2.44. The number of anilines is 1. The van der Waals surface area contributed by atoms with Crippen LogP contribution in [0.4, 0.5) is 15.5 Å². The Morgan fingerprint density at radius 2 is 1.54 bits per heavy atom. The van der Waals surface area contributed by atoms with Crippen molar-refractivity contribution < 1.29 is 29.1 Å². The normalized spacial score (nSPS) is 11.9. The number of rotatable bonds is 2. The van der Waals surface area contributed by atoms with Crippen molar-refractivity contribution >= 4 is 41.6 Å². The maximum Gasteiger partial charge on any atom is 0.488 e. The van der Waals surface area contributed by atoms with Crippen molar-refractivity contribution in [2.75, 3.05) is 4.90 Å². The molecule has 2 N–H and O–H groups in total. The number of fused-ring (bicyclic) bond motifs is 1. The third-order valence-electron chi connectivity index (χ3n) is 3.24. The molecule has 1 aromatic carbocycles. The van der Waals surface area contributed by atoms with Crippen LogP contribution in [0.2, 0.25) is 0 Å². The van der Waals surface area contributed by atoms with Crippen molar-refractivity contribution in [1.29, 1.82) is 0 Å². The number of amides is 2. The molecule has 10 heteroatoms. The Bertz CT molecular complexity index is 861. The lowest BCUT2D eigenvalue weighted by Gasteiger charge is -2.27. The van der Waals surface area contributed by atoms with E-state index in [2.05, 4.69) is 9.97 Å². The van der Waals surface area contributed by atoms with Gasteiger partial charge >= 0.3 is 19.3 Å². The molecule has 0 bridgehead atoms. The smallest absolute Gasteiger partial charge is 0.443 e. The number of nitrogens with zero attached hydrogens (tertiary/aromatic N) is 3. The Kier molecular flexibility index (Phi) is 5.95. The summed E-state index contributed by atoms with van der Waals surface area (Å²) in [7, 11) is -1.64. The molecule has 0 radical (unpaired) electrons. The van der Waals surface area contributed by atoms with Crippen molar-refractivity contribution in [1.82, 2.24) is 9.97 Å². The second kappa shape index (κ2) is 7.73. The Morgan fingerprint density at radius 3 is 2.00 bits per heavy atom. The first kappa shape index (κ1) is 21.6. The number of carbonyl (C=O) groups excluding carboxylic acids is 2. The number of aromatic nitrogens is 2. The minimum Gasteiger partial charge on any atom is -0.443 e. The summed E-state index contributed by atoms with van der Waals surface area (Å²) in [5, 5.41) is 19.0. The lowest BCUT2D eigenvalue weighted by atomic mass is 9.80. The Labute approximate surface area is 163 Å². The van der Waals surface area contributed by atoms with Crippen molar-refractivity contribution in [3.63, 3.8) is 0 Å². The molecule has 1 heterocycles. The van der Waals surface area contributed by atoms with Crippen LogP contribution in [0.3, 0.4) is 0 Å². The van der Waals surface area contributed by atoms with Crippen LogP contribution in [0.5, 0.6) is 0 Å². The number of hydrogen-bond acceptors (Lipinski definition) is 8. The summed E-state index contributed by atoms with van der Waals surface area (Å²) in [5.41, 5.74) is -1.03. The van der Waals surface area contributed by atoms with Crippen molar-refractivity contribution in [2.24, 2.45) is 0 Å². The Hall–Kier alpha value is -2.72. The molecule has 0 atom stereocenters. The average molecular weight is 389 g/mol. The number of carbonyl (C=O) groups is 2.